The van der Waals surface area contributed by atoms with Gasteiger partial charge in [-0.15, -0.1) is 0 Å². The molecule has 120 valence electrons. The number of para-hydroxylation sites is 1. The van der Waals surface area contributed by atoms with E-state index in [9.17, 15) is 0 Å². The van der Waals surface area contributed by atoms with Crippen LogP contribution in [0, 0.1) is 0 Å². The van der Waals surface area contributed by atoms with Crippen LogP contribution in [0.4, 0.5) is 5.69 Å². The van der Waals surface area contributed by atoms with E-state index in [1.807, 2.05) is 0 Å². The van der Waals surface area contributed by atoms with Gasteiger partial charge in [-0.2, -0.15) is 0 Å². The lowest BCUT2D eigenvalue weighted by atomic mass is 9.95. The first-order chi connectivity index (χ1) is 11.4. The van der Waals surface area contributed by atoms with Crippen molar-refractivity contribution in [3.63, 3.8) is 0 Å². The fraction of sp³-hybridized carbons (Fsp3) is 0.429. The van der Waals surface area contributed by atoms with E-state index in [1.165, 1.54) is 55.6 Å². The summed E-state index contributed by atoms with van der Waals surface area (Å²) in [6.07, 6.45) is 5.18. The number of unbranched alkanes of at least 4 members (excludes halogenated alkanes) is 1. The summed E-state index contributed by atoms with van der Waals surface area (Å²) in [7, 11) is 0. The smallest absolute Gasteiger partial charge is 0.0376 e. The molecule has 0 radical (unpaired) electrons. The molecule has 2 aliphatic rings. The molecule has 0 bridgehead atoms. The van der Waals surface area contributed by atoms with Gasteiger partial charge in [0.05, 0.1) is 0 Å². The molecule has 23 heavy (non-hydrogen) atoms. The second kappa shape index (κ2) is 6.76. The number of rotatable bonds is 5. The number of hydrogen-bond donors (Lipinski definition) is 1. The molecule has 2 nitrogen and oxygen atoms in total. The molecule has 2 aromatic carbocycles. The number of anilines is 1. The Balaban J connectivity index is 1.23. The van der Waals surface area contributed by atoms with Crippen LogP contribution in [0.5, 0.6) is 0 Å². The van der Waals surface area contributed by atoms with Gasteiger partial charge in [0.1, 0.15) is 0 Å². The third-order valence-corrected chi connectivity index (χ3v) is 5.43. The summed E-state index contributed by atoms with van der Waals surface area (Å²) in [6.45, 7) is 4.74. The van der Waals surface area contributed by atoms with Crippen LogP contribution >= 0.6 is 0 Å². The van der Waals surface area contributed by atoms with Gasteiger partial charge in [-0.1, -0.05) is 48.9 Å². The Morgan fingerprint density at radius 3 is 2.74 bits per heavy atom. The van der Waals surface area contributed by atoms with Gasteiger partial charge in [0, 0.05) is 31.2 Å². The quantitative estimate of drug-likeness (QED) is 0.822. The van der Waals surface area contributed by atoms with E-state index >= 15 is 0 Å². The summed E-state index contributed by atoms with van der Waals surface area (Å²) >= 11 is 0. The van der Waals surface area contributed by atoms with E-state index in [4.69, 9.17) is 0 Å². The Morgan fingerprint density at radius 1 is 0.957 bits per heavy atom. The predicted octanol–water partition coefficient (Wildman–Crippen LogP) is 4.42. The number of hydrogen-bond acceptors (Lipinski definition) is 2. The Bertz CT molecular complexity index is 664. The molecule has 2 heterocycles. The third-order valence-electron chi connectivity index (χ3n) is 5.43. The van der Waals surface area contributed by atoms with Crippen molar-refractivity contribution in [1.82, 2.24) is 4.90 Å². The van der Waals surface area contributed by atoms with Gasteiger partial charge in [-0.3, -0.25) is 4.90 Å². The van der Waals surface area contributed by atoms with Crippen molar-refractivity contribution in [3.8, 4) is 0 Å². The molecule has 0 saturated carbocycles. The first kappa shape index (κ1) is 14.8. The summed E-state index contributed by atoms with van der Waals surface area (Å²) in [6, 6.07) is 17.7. The number of nitrogens with zero attached hydrogens (tertiary/aromatic N) is 1. The van der Waals surface area contributed by atoms with Gasteiger partial charge >= 0.3 is 0 Å². The van der Waals surface area contributed by atoms with Gasteiger partial charge in [0.25, 0.3) is 0 Å². The van der Waals surface area contributed by atoms with Crippen molar-refractivity contribution in [2.24, 2.45) is 0 Å². The maximum atomic E-state index is 3.54. The van der Waals surface area contributed by atoms with Gasteiger partial charge in [-0.05, 0) is 48.6 Å². The minimum atomic E-state index is 0.716. The van der Waals surface area contributed by atoms with Crippen molar-refractivity contribution in [2.45, 2.75) is 38.1 Å². The lowest BCUT2D eigenvalue weighted by molar-refractivity contribution is 0.247. The van der Waals surface area contributed by atoms with Crippen molar-refractivity contribution in [2.75, 3.05) is 25.0 Å². The summed E-state index contributed by atoms with van der Waals surface area (Å²) < 4.78 is 0. The average Bonchev–Trinajstić information content (AvgIpc) is 3.02. The number of nitrogens with one attached hydrogen (secondary N) is 1. The second-order valence-corrected chi connectivity index (χ2v) is 6.96. The monoisotopic (exact) mass is 306 g/mol. The van der Waals surface area contributed by atoms with E-state index in [2.05, 4.69) is 58.7 Å². The van der Waals surface area contributed by atoms with Crippen LogP contribution in [0.2, 0.25) is 0 Å². The molecule has 1 N–H and O–H groups in total. The Morgan fingerprint density at radius 2 is 1.78 bits per heavy atom. The molecule has 0 aliphatic carbocycles. The molecule has 0 amide bonds. The summed E-state index contributed by atoms with van der Waals surface area (Å²) in [5, 5.41) is 3.54. The molecule has 2 aromatic rings. The van der Waals surface area contributed by atoms with Crippen molar-refractivity contribution in [1.29, 1.82) is 0 Å². The minimum absolute atomic E-state index is 0.716. The fourth-order valence-corrected chi connectivity index (χ4v) is 4.09. The third kappa shape index (κ3) is 3.28. The highest BCUT2D eigenvalue weighted by molar-refractivity contribution is 5.57. The molecule has 2 heteroatoms. The van der Waals surface area contributed by atoms with E-state index < -0.39 is 0 Å². The predicted molar refractivity (Wildman–Crippen MR) is 96.9 cm³/mol. The molecule has 1 unspecified atom stereocenters. The van der Waals surface area contributed by atoms with Crippen LogP contribution in [-0.2, 0) is 13.0 Å². The number of fused-ring (bicyclic) bond motifs is 2. The van der Waals surface area contributed by atoms with Crippen LogP contribution in [-0.4, -0.2) is 24.5 Å². The summed E-state index contributed by atoms with van der Waals surface area (Å²) in [5.41, 5.74) is 5.97. The normalized spacial score (nSPS) is 19.9. The zero-order valence-corrected chi connectivity index (χ0v) is 13.8. The van der Waals surface area contributed by atoms with Crippen LogP contribution in [0.3, 0.4) is 0 Å². The molecule has 0 fully saturated rings. The van der Waals surface area contributed by atoms with E-state index in [0.29, 0.717) is 5.92 Å². The first-order valence-corrected chi connectivity index (χ1v) is 9.02. The maximum absolute atomic E-state index is 3.54. The highest BCUT2D eigenvalue weighted by Crippen LogP contribution is 2.34. The molecule has 0 saturated heterocycles. The maximum Gasteiger partial charge on any atom is 0.0376 e. The van der Waals surface area contributed by atoms with Crippen molar-refractivity contribution in [3.05, 3.63) is 65.2 Å². The zero-order chi connectivity index (χ0) is 15.5. The zero-order valence-electron chi connectivity index (χ0n) is 13.8. The van der Waals surface area contributed by atoms with Gasteiger partial charge < -0.3 is 5.32 Å². The Hall–Kier alpha value is -1.80. The van der Waals surface area contributed by atoms with Gasteiger partial charge in [-0.25, -0.2) is 0 Å². The molecule has 0 aromatic heterocycles. The van der Waals surface area contributed by atoms with Crippen LogP contribution in [0.25, 0.3) is 0 Å². The topological polar surface area (TPSA) is 15.3 Å². The van der Waals surface area contributed by atoms with Gasteiger partial charge in [0.2, 0.25) is 0 Å². The van der Waals surface area contributed by atoms with Crippen LogP contribution in [0.1, 0.15) is 41.9 Å². The molecular formula is C21H26N2. The Kier molecular flexibility index (Phi) is 4.34. The second-order valence-electron chi connectivity index (χ2n) is 6.96. The van der Waals surface area contributed by atoms with E-state index in [-0.39, 0.29) is 0 Å². The molecule has 0 spiro atoms. The van der Waals surface area contributed by atoms with E-state index in [0.717, 1.165) is 13.1 Å². The standard InChI is InChI=1S/C21H26N2/c1-2-9-19-16-23(14-12-17(19)7-1)13-6-5-8-18-15-22-21-11-4-3-10-20(18)21/h1-4,7,9-11,18,22H,5-6,8,12-16H2. The summed E-state index contributed by atoms with van der Waals surface area (Å²) in [5.74, 6) is 0.716. The van der Waals surface area contributed by atoms with Crippen LogP contribution < -0.4 is 5.32 Å². The fourth-order valence-electron chi connectivity index (χ4n) is 4.09. The van der Waals surface area contributed by atoms with Gasteiger partial charge in [0.15, 0.2) is 0 Å². The lowest BCUT2D eigenvalue weighted by Gasteiger charge is -2.28. The highest BCUT2D eigenvalue weighted by atomic mass is 15.1. The Labute approximate surface area is 139 Å². The number of benzene rings is 2. The molecule has 4 rings (SSSR count). The highest BCUT2D eigenvalue weighted by Gasteiger charge is 2.21. The van der Waals surface area contributed by atoms with E-state index in [1.54, 1.807) is 5.56 Å². The van der Waals surface area contributed by atoms with Crippen LogP contribution in [0.15, 0.2) is 48.5 Å². The molecule has 2 aliphatic heterocycles. The molecule has 1 atom stereocenters. The largest absolute Gasteiger partial charge is 0.384 e. The van der Waals surface area contributed by atoms with Crippen molar-refractivity contribution >= 4 is 5.69 Å². The molecular weight excluding hydrogens is 280 g/mol. The minimum Gasteiger partial charge on any atom is -0.384 e. The average molecular weight is 306 g/mol. The SMILES string of the molecule is c1ccc2c(c1)CCN(CCCCC1CNc3ccccc31)C2. The lowest BCUT2D eigenvalue weighted by Crippen LogP contribution is -2.31. The van der Waals surface area contributed by atoms with Crippen molar-refractivity contribution < 1.29 is 0 Å². The first-order valence-electron chi connectivity index (χ1n) is 9.02. The summed E-state index contributed by atoms with van der Waals surface area (Å²) in [4.78, 5) is 2.63.